The van der Waals surface area contributed by atoms with E-state index in [4.69, 9.17) is 4.74 Å². The molecule has 1 amide bonds. The number of hydrogen-bond acceptors (Lipinski definition) is 2. The first-order chi connectivity index (χ1) is 8.93. The second-order valence-electron chi connectivity index (χ2n) is 4.30. The van der Waals surface area contributed by atoms with E-state index in [9.17, 15) is 18.0 Å². The predicted octanol–water partition coefficient (Wildman–Crippen LogP) is 3.61. The monoisotopic (exact) mass is 273 g/mol. The largest absolute Gasteiger partial charge is 0.449 e. The maximum atomic E-state index is 12.7. The van der Waals surface area contributed by atoms with Gasteiger partial charge in [0.2, 0.25) is 0 Å². The molecule has 0 bridgehead atoms. The Morgan fingerprint density at radius 3 is 2.79 bits per heavy atom. The molecule has 104 valence electrons. The summed E-state index contributed by atoms with van der Waals surface area (Å²) >= 11 is 0. The van der Waals surface area contributed by atoms with Gasteiger partial charge >= 0.3 is 12.3 Å². The van der Waals surface area contributed by atoms with Gasteiger partial charge in [0.15, 0.2) is 0 Å². The molecular weight excluding hydrogens is 259 g/mol. The Hall–Kier alpha value is -1.72. The molecule has 1 aromatic rings. The lowest BCUT2D eigenvalue weighted by Crippen LogP contribution is -2.36. The van der Waals surface area contributed by atoms with E-state index < -0.39 is 17.8 Å². The molecule has 1 heterocycles. The number of hydrogen-bond donors (Lipinski definition) is 0. The molecule has 0 atom stereocenters. The van der Waals surface area contributed by atoms with Crippen molar-refractivity contribution in [2.45, 2.75) is 25.9 Å². The second kappa shape index (κ2) is 5.11. The van der Waals surface area contributed by atoms with E-state index in [1.165, 1.54) is 11.0 Å². The van der Waals surface area contributed by atoms with Crippen LogP contribution in [0.3, 0.4) is 0 Å². The quantitative estimate of drug-likeness (QED) is 0.782. The lowest BCUT2D eigenvalue weighted by molar-refractivity contribution is -0.137. The normalized spacial score (nSPS) is 15.1. The zero-order chi connectivity index (χ0) is 14.0. The van der Waals surface area contributed by atoms with E-state index in [-0.39, 0.29) is 6.61 Å². The van der Waals surface area contributed by atoms with Gasteiger partial charge in [0.25, 0.3) is 0 Å². The van der Waals surface area contributed by atoms with Crippen LogP contribution in [0.25, 0.3) is 0 Å². The summed E-state index contributed by atoms with van der Waals surface area (Å²) in [6, 6.07) is 3.50. The Morgan fingerprint density at radius 2 is 2.16 bits per heavy atom. The molecule has 0 spiro atoms. The van der Waals surface area contributed by atoms with Crippen molar-refractivity contribution in [3.63, 3.8) is 0 Å². The fourth-order valence-electron chi connectivity index (χ4n) is 2.14. The summed E-state index contributed by atoms with van der Waals surface area (Å²) in [5.41, 5.74) is 0.300. The van der Waals surface area contributed by atoms with Crippen LogP contribution in [-0.2, 0) is 17.3 Å². The molecule has 1 aliphatic rings. The summed E-state index contributed by atoms with van der Waals surface area (Å²) in [4.78, 5) is 13.0. The number of carbonyl (C=O) groups excluding carboxylic acids is 1. The average Bonchev–Trinajstić information content (AvgIpc) is 2.36. The highest BCUT2D eigenvalue weighted by Gasteiger charge is 2.33. The molecule has 1 aliphatic heterocycles. The van der Waals surface area contributed by atoms with Crippen LogP contribution in [0.4, 0.5) is 23.7 Å². The Kier molecular flexibility index (Phi) is 3.68. The third-order valence-corrected chi connectivity index (χ3v) is 3.02. The van der Waals surface area contributed by atoms with Gasteiger partial charge in [-0.3, -0.25) is 4.90 Å². The summed E-state index contributed by atoms with van der Waals surface area (Å²) in [6.45, 7) is 2.24. The van der Waals surface area contributed by atoms with Crippen molar-refractivity contribution in [1.82, 2.24) is 0 Å². The molecule has 0 radical (unpaired) electrons. The first-order valence-corrected chi connectivity index (χ1v) is 6.08. The molecule has 2 rings (SSSR count). The summed E-state index contributed by atoms with van der Waals surface area (Å²) in [7, 11) is 0. The number of halogens is 3. The van der Waals surface area contributed by atoms with Crippen LogP contribution in [0.1, 0.15) is 24.5 Å². The fraction of sp³-hybridized carbons (Fsp3) is 0.462. The molecule has 0 unspecified atom stereocenters. The van der Waals surface area contributed by atoms with Crippen LogP contribution in [-0.4, -0.2) is 19.2 Å². The van der Waals surface area contributed by atoms with Crippen molar-refractivity contribution in [3.05, 3.63) is 29.3 Å². The van der Waals surface area contributed by atoms with Crippen molar-refractivity contribution in [2.24, 2.45) is 0 Å². The number of fused-ring (bicyclic) bond motifs is 1. The van der Waals surface area contributed by atoms with E-state index in [1.807, 2.05) is 0 Å². The number of aryl methyl sites for hydroxylation is 1. The van der Waals surface area contributed by atoms with Gasteiger partial charge in [-0.25, -0.2) is 4.79 Å². The molecule has 0 saturated carbocycles. The Morgan fingerprint density at radius 1 is 1.42 bits per heavy atom. The number of alkyl halides is 3. The van der Waals surface area contributed by atoms with Crippen LogP contribution in [0, 0.1) is 0 Å². The summed E-state index contributed by atoms with van der Waals surface area (Å²) in [5, 5.41) is 0. The molecule has 19 heavy (non-hydrogen) atoms. The highest BCUT2D eigenvalue weighted by molar-refractivity contribution is 5.89. The van der Waals surface area contributed by atoms with E-state index in [0.29, 0.717) is 18.7 Å². The topological polar surface area (TPSA) is 29.5 Å². The van der Waals surface area contributed by atoms with E-state index in [2.05, 4.69) is 0 Å². The van der Waals surface area contributed by atoms with Crippen LogP contribution >= 0.6 is 0 Å². The Bertz CT molecular complexity index is 485. The molecule has 0 saturated heterocycles. The maximum absolute atomic E-state index is 12.7. The number of anilines is 1. The van der Waals surface area contributed by atoms with Gasteiger partial charge in [0.05, 0.1) is 17.9 Å². The van der Waals surface area contributed by atoms with Gasteiger partial charge in [0.1, 0.15) is 0 Å². The maximum Gasteiger partial charge on any atom is 0.416 e. The first kappa shape index (κ1) is 13.7. The van der Waals surface area contributed by atoms with E-state index in [0.717, 1.165) is 24.1 Å². The van der Waals surface area contributed by atoms with Crippen molar-refractivity contribution in [2.75, 3.05) is 18.1 Å². The molecule has 3 nitrogen and oxygen atoms in total. The summed E-state index contributed by atoms with van der Waals surface area (Å²) in [5.74, 6) is 0. The van der Waals surface area contributed by atoms with E-state index in [1.54, 1.807) is 6.92 Å². The zero-order valence-corrected chi connectivity index (χ0v) is 10.5. The number of amides is 1. The Labute approximate surface area is 109 Å². The number of carbonyl (C=O) groups is 1. The van der Waals surface area contributed by atoms with Gasteiger partial charge in [-0.05, 0) is 37.5 Å². The van der Waals surface area contributed by atoms with Crippen LogP contribution in [0.2, 0.25) is 0 Å². The standard InChI is InChI=1S/C13H14F3NO2/c1-2-19-12(18)17-7-3-4-9-5-6-10(8-11(9)17)13(14,15)16/h5-6,8H,2-4,7H2,1H3. The Balaban J connectivity index is 2.38. The third kappa shape index (κ3) is 2.83. The predicted molar refractivity (Wildman–Crippen MR) is 64.1 cm³/mol. The third-order valence-electron chi connectivity index (χ3n) is 3.02. The first-order valence-electron chi connectivity index (χ1n) is 6.08. The van der Waals surface area contributed by atoms with Gasteiger partial charge in [-0.1, -0.05) is 6.07 Å². The minimum Gasteiger partial charge on any atom is -0.449 e. The van der Waals surface area contributed by atoms with Gasteiger partial charge in [-0.15, -0.1) is 0 Å². The average molecular weight is 273 g/mol. The molecule has 0 N–H and O–H groups in total. The molecule has 0 aromatic heterocycles. The van der Waals surface area contributed by atoms with Crippen molar-refractivity contribution in [3.8, 4) is 0 Å². The van der Waals surface area contributed by atoms with Gasteiger partial charge in [0, 0.05) is 6.54 Å². The highest BCUT2D eigenvalue weighted by Crippen LogP contribution is 2.35. The minimum absolute atomic E-state index is 0.198. The smallest absolute Gasteiger partial charge is 0.416 e. The number of benzene rings is 1. The summed E-state index contributed by atoms with van der Waals surface area (Å²) in [6.07, 6.45) is -3.62. The van der Waals surface area contributed by atoms with Gasteiger partial charge < -0.3 is 4.74 Å². The van der Waals surface area contributed by atoms with Gasteiger partial charge in [-0.2, -0.15) is 13.2 Å². The molecule has 0 aliphatic carbocycles. The fourth-order valence-corrected chi connectivity index (χ4v) is 2.14. The minimum atomic E-state index is -4.41. The molecule has 6 heteroatoms. The van der Waals surface area contributed by atoms with E-state index >= 15 is 0 Å². The van der Waals surface area contributed by atoms with Crippen molar-refractivity contribution < 1.29 is 22.7 Å². The molecular formula is C13H14F3NO2. The lowest BCUT2D eigenvalue weighted by Gasteiger charge is -2.29. The molecule has 1 aromatic carbocycles. The lowest BCUT2D eigenvalue weighted by atomic mass is 10.00. The molecule has 0 fully saturated rings. The number of ether oxygens (including phenoxy) is 1. The van der Waals surface area contributed by atoms with Crippen LogP contribution in [0.5, 0.6) is 0 Å². The second-order valence-corrected chi connectivity index (χ2v) is 4.30. The van der Waals surface area contributed by atoms with Crippen molar-refractivity contribution >= 4 is 11.8 Å². The SMILES string of the molecule is CCOC(=O)N1CCCc2ccc(C(F)(F)F)cc21. The van der Waals surface area contributed by atoms with Crippen LogP contribution in [0.15, 0.2) is 18.2 Å². The highest BCUT2D eigenvalue weighted by atomic mass is 19.4. The van der Waals surface area contributed by atoms with Crippen molar-refractivity contribution in [1.29, 1.82) is 0 Å². The van der Waals surface area contributed by atoms with Crippen LogP contribution < -0.4 is 4.90 Å². The summed E-state index contributed by atoms with van der Waals surface area (Å²) < 4.78 is 43.0. The number of rotatable bonds is 1. The zero-order valence-electron chi connectivity index (χ0n) is 10.5. The number of nitrogens with zero attached hydrogens (tertiary/aromatic N) is 1.